The molecule has 0 spiro atoms. The average Bonchev–Trinajstić information content (AvgIpc) is 3.25. The standard InChI is InChI=1S/C17H17ClN4O4S/c1-10(16(25)21-12-4-2-6-19-15(12)18)26-14(24)8-11-9-27-17(20-11)22-7-3-5-13(22)23/h2,4,6,9-10H,3,5,7-8H2,1H3,(H,21,25)/t10-/m0/s1. The molecule has 0 saturated carbocycles. The van der Waals surface area contributed by atoms with Gasteiger partial charge >= 0.3 is 5.97 Å². The van der Waals surface area contributed by atoms with E-state index in [9.17, 15) is 14.4 Å². The summed E-state index contributed by atoms with van der Waals surface area (Å²) in [7, 11) is 0. The highest BCUT2D eigenvalue weighted by atomic mass is 35.5. The SMILES string of the molecule is C[C@H](OC(=O)Cc1csc(N2CCCC2=O)n1)C(=O)Nc1cccnc1Cl. The number of pyridine rings is 1. The number of nitrogens with one attached hydrogen (secondary N) is 1. The molecule has 0 unspecified atom stereocenters. The summed E-state index contributed by atoms with van der Waals surface area (Å²) in [6, 6.07) is 3.22. The Morgan fingerprint density at radius 3 is 3.00 bits per heavy atom. The summed E-state index contributed by atoms with van der Waals surface area (Å²) in [5.41, 5.74) is 0.842. The van der Waals surface area contributed by atoms with Crippen LogP contribution >= 0.6 is 22.9 Å². The molecule has 0 bridgehead atoms. The minimum absolute atomic E-state index is 0.0397. The minimum Gasteiger partial charge on any atom is -0.452 e. The molecule has 2 aromatic heterocycles. The number of nitrogens with zero attached hydrogens (tertiary/aromatic N) is 3. The summed E-state index contributed by atoms with van der Waals surface area (Å²) in [6.07, 6.45) is 1.74. The lowest BCUT2D eigenvalue weighted by molar-refractivity contribution is -0.152. The maximum absolute atomic E-state index is 12.1. The number of esters is 1. The molecular formula is C17H17ClN4O4S. The van der Waals surface area contributed by atoms with Crippen LogP contribution in [0.3, 0.4) is 0 Å². The lowest BCUT2D eigenvalue weighted by Crippen LogP contribution is -2.30. The predicted molar refractivity (Wildman–Crippen MR) is 101 cm³/mol. The van der Waals surface area contributed by atoms with E-state index in [-0.39, 0.29) is 17.5 Å². The third kappa shape index (κ3) is 4.81. The molecule has 0 radical (unpaired) electrons. The Labute approximate surface area is 164 Å². The van der Waals surface area contributed by atoms with E-state index in [4.69, 9.17) is 16.3 Å². The lowest BCUT2D eigenvalue weighted by Gasteiger charge is -2.13. The molecule has 0 aromatic carbocycles. The fourth-order valence-electron chi connectivity index (χ4n) is 2.51. The summed E-state index contributed by atoms with van der Waals surface area (Å²) in [5.74, 6) is -1.06. The highest BCUT2D eigenvalue weighted by Crippen LogP contribution is 2.25. The number of halogens is 1. The van der Waals surface area contributed by atoms with Gasteiger partial charge in [0.25, 0.3) is 5.91 Å². The van der Waals surface area contributed by atoms with E-state index < -0.39 is 18.0 Å². The number of amides is 2. The number of thiazole rings is 1. The Hall–Kier alpha value is -2.52. The van der Waals surface area contributed by atoms with Crippen molar-refractivity contribution in [3.8, 4) is 0 Å². The second kappa shape index (κ2) is 8.45. The Bertz CT molecular complexity index is 872. The zero-order valence-corrected chi connectivity index (χ0v) is 16.0. The van der Waals surface area contributed by atoms with E-state index >= 15 is 0 Å². The molecule has 2 amide bonds. The predicted octanol–water partition coefficient (Wildman–Crippen LogP) is 2.43. The third-order valence-corrected chi connectivity index (χ3v) is 5.08. The second-order valence-corrected chi connectivity index (χ2v) is 7.10. The summed E-state index contributed by atoms with van der Waals surface area (Å²) in [5, 5.41) is 5.00. The number of ether oxygens (including phenoxy) is 1. The normalized spacial score (nSPS) is 14.9. The van der Waals surface area contributed by atoms with Gasteiger partial charge in [-0.1, -0.05) is 11.6 Å². The van der Waals surface area contributed by atoms with Crippen LogP contribution in [-0.2, 0) is 25.5 Å². The van der Waals surface area contributed by atoms with Crippen molar-refractivity contribution in [2.45, 2.75) is 32.3 Å². The smallest absolute Gasteiger partial charge is 0.312 e. The van der Waals surface area contributed by atoms with Gasteiger partial charge in [-0.3, -0.25) is 19.3 Å². The first-order valence-corrected chi connectivity index (χ1v) is 9.55. The summed E-state index contributed by atoms with van der Waals surface area (Å²) >= 11 is 7.19. The van der Waals surface area contributed by atoms with Crippen LogP contribution in [0, 0.1) is 0 Å². The van der Waals surface area contributed by atoms with Gasteiger partial charge in [0, 0.05) is 24.5 Å². The van der Waals surface area contributed by atoms with Gasteiger partial charge in [-0.15, -0.1) is 11.3 Å². The van der Waals surface area contributed by atoms with Gasteiger partial charge in [-0.25, -0.2) is 9.97 Å². The largest absolute Gasteiger partial charge is 0.452 e. The van der Waals surface area contributed by atoms with E-state index in [2.05, 4.69) is 15.3 Å². The molecule has 1 aliphatic heterocycles. The number of carbonyl (C=O) groups excluding carboxylic acids is 3. The molecule has 8 nitrogen and oxygen atoms in total. The van der Waals surface area contributed by atoms with Crippen LogP contribution in [0.15, 0.2) is 23.7 Å². The first kappa shape index (κ1) is 19.2. The maximum Gasteiger partial charge on any atom is 0.312 e. The Morgan fingerprint density at radius 2 is 2.30 bits per heavy atom. The molecule has 27 heavy (non-hydrogen) atoms. The first-order valence-electron chi connectivity index (χ1n) is 8.29. The van der Waals surface area contributed by atoms with Gasteiger partial charge in [-0.2, -0.15) is 0 Å². The van der Waals surface area contributed by atoms with E-state index in [1.807, 2.05) is 0 Å². The number of hydrogen-bond donors (Lipinski definition) is 1. The van der Waals surface area contributed by atoms with Crippen LogP contribution in [0.5, 0.6) is 0 Å². The Morgan fingerprint density at radius 1 is 1.48 bits per heavy atom. The number of anilines is 2. The molecule has 1 aliphatic rings. The van der Waals surface area contributed by atoms with Crippen molar-refractivity contribution in [3.63, 3.8) is 0 Å². The van der Waals surface area contributed by atoms with Gasteiger partial charge in [0.1, 0.15) is 0 Å². The number of aromatic nitrogens is 2. The minimum atomic E-state index is -1.01. The van der Waals surface area contributed by atoms with Crippen LogP contribution in [0.1, 0.15) is 25.5 Å². The summed E-state index contributed by atoms with van der Waals surface area (Å²) in [4.78, 5) is 45.7. The molecule has 3 heterocycles. The van der Waals surface area contributed by atoms with Crippen LogP contribution in [-0.4, -0.2) is 40.4 Å². The van der Waals surface area contributed by atoms with Gasteiger partial charge in [0.2, 0.25) is 5.91 Å². The Balaban J connectivity index is 1.53. The van der Waals surface area contributed by atoms with Crippen LogP contribution < -0.4 is 10.2 Å². The second-order valence-electron chi connectivity index (χ2n) is 5.91. The number of rotatable bonds is 6. The van der Waals surface area contributed by atoms with Gasteiger partial charge in [-0.05, 0) is 25.5 Å². The number of hydrogen-bond acceptors (Lipinski definition) is 7. The fourth-order valence-corrected chi connectivity index (χ4v) is 3.54. The van der Waals surface area contributed by atoms with Gasteiger partial charge < -0.3 is 10.1 Å². The van der Waals surface area contributed by atoms with E-state index in [1.165, 1.54) is 24.5 Å². The zero-order valence-electron chi connectivity index (χ0n) is 14.5. The van der Waals surface area contributed by atoms with E-state index in [1.54, 1.807) is 22.4 Å². The molecule has 1 N–H and O–H groups in total. The molecule has 3 rings (SSSR count). The van der Waals surface area contributed by atoms with Crippen molar-refractivity contribution in [2.75, 3.05) is 16.8 Å². The topological polar surface area (TPSA) is 101 Å². The Kier molecular flexibility index (Phi) is 6.02. The van der Waals surface area contributed by atoms with E-state index in [0.717, 1.165) is 6.42 Å². The maximum atomic E-state index is 12.1. The molecule has 2 aromatic rings. The molecule has 1 atom stereocenters. The molecule has 0 aliphatic carbocycles. The molecule has 142 valence electrons. The van der Waals surface area contributed by atoms with Gasteiger partial charge in [0.05, 0.1) is 17.8 Å². The summed E-state index contributed by atoms with van der Waals surface area (Å²) in [6.45, 7) is 2.11. The van der Waals surface area contributed by atoms with Crippen LogP contribution in [0.25, 0.3) is 0 Å². The molecular weight excluding hydrogens is 392 g/mol. The van der Waals surface area contributed by atoms with Crippen LogP contribution in [0.4, 0.5) is 10.8 Å². The van der Waals surface area contributed by atoms with Crippen LogP contribution in [0.2, 0.25) is 5.15 Å². The quantitative estimate of drug-likeness (QED) is 0.581. The highest BCUT2D eigenvalue weighted by molar-refractivity contribution is 7.14. The van der Waals surface area contributed by atoms with Crippen molar-refractivity contribution < 1.29 is 19.1 Å². The average molecular weight is 409 g/mol. The monoisotopic (exact) mass is 408 g/mol. The first-order chi connectivity index (χ1) is 12.9. The van der Waals surface area contributed by atoms with Crippen molar-refractivity contribution >= 4 is 51.5 Å². The van der Waals surface area contributed by atoms with Crippen molar-refractivity contribution in [1.82, 2.24) is 9.97 Å². The highest BCUT2D eigenvalue weighted by Gasteiger charge is 2.25. The lowest BCUT2D eigenvalue weighted by atomic mass is 10.3. The zero-order chi connectivity index (χ0) is 19.4. The van der Waals surface area contributed by atoms with E-state index in [0.29, 0.717) is 29.5 Å². The molecule has 1 fully saturated rings. The van der Waals surface area contributed by atoms with Gasteiger partial charge in [0.15, 0.2) is 16.4 Å². The summed E-state index contributed by atoms with van der Waals surface area (Å²) < 4.78 is 5.15. The molecule has 10 heteroatoms. The fraction of sp³-hybridized carbons (Fsp3) is 0.353. The van der Waals surface area contributed by atoms with Crippen molar-refractivity contribution in [3.05, 3.63) is 34.6 Å². The van der Waals surface area contributed by atoms with Crippen molar-refractivity contribution in [1.29, 1.82) is 0 Å². The van der Waals surface area contributed by atoms with Crippen molar-refractivity contribution in [2.24, 2.45) is 0 Å². The number of carbonyl (C=O) groups is 3. The molecule has 1 saturated heterocycles. The third-order valence-electron chi connectivity index (χ3n) is 3.86.